The molecular weight excluding hydrogens is 434 g/mol. The fourth-order valence-electron chi connectivity index (χ4n) is 3.01. The Bertz CT molecular complexity index is 1170. The van der Waals surface area contributed by atoms with E-state index in [1.165, 1.54) is 0 Å². The molecule has 0 aliphatic carbocycles. The van der Waals surface area contributed by atoms with Gasteiger partial charge in [-0.3, -0.25) is 9.59 Å². The lowest BCUT2D eigenvalue weighted by Gasteiger charge is -2.12. The van der Waals surface area contributed by atoms with Gasteiger partial charge in [-0.2, -0.15) is 5.26 Å². The first-order valence-electron chi connectivity index (χ1n) is 10.8. The van der Waals surface area contributed by atoms with Crippen molar-refractivity contribution in [2.24, 2.45) is 0 Å². The zero-order chi connectivity index (χ0) is 24.3. The van der Waals surface area contributed by atoms with Crippen LogP contribution in [0.2, 0.25) is 0 Å². The number of rotatable bonds is 10. The van der Waals surface area contributed by atoms with Crippen molar-refractivity contribution in [2.45, 2.75) is 13.8 Å². The van der Waals surface area contributed by atoms with Gasteiger partial charge in [0, 0.05) is 23.0 Å². The number of amides is 2. The molecular formula is C26H25N3O5. The largest absolute Gasteiger partial charge is 0.494 e. The third-order valence-electron chi connectivity index (χ3n) is 4.59. The lowest BCUT2D eigenvalue weighted by Crippen LogP contribution is -2.20. The molecule has 0 fully saturated rings. The predicted octanol–water partition coefficient (Wildman–Crippen LogP) is 4.63. The van der Waals surface area contributed by atoms with E-state index in [2.05, 4.69) is 10.6 Å². The first-order chi connectivity index (χ1) is 16.5. The molecule has 3 aromatic carbocycles. The Hall–Kier alpha value is -4.51. The smallest absolute Gasteiger partial charge is 0.262 e. The molecule has 0 aliphatic heterocycles. The molecule has 8 nitrogen and oxygen atoms in total. The summed E-state index contributed by atoms with van der Waals surface area (Å²) in [6, 6.07) is 20.4. The topological polar surface area (TPSA) is 110 Å². The minimum Gasteiger partial charge on any atom is -0.494 e. The normalized spacial score (nSPS) is 10.0. The van der Waals surface area contributed by atoms with E-state index in [1.54, 1.807) is 66.7 Å². The van der Waals surface area contributed by atoms with Gasteiger partial charge in [-0.25, -0.2) is 0 Å². The summed E-state index contributed by atoms with van der Waals surface area (Å²) in [5.74, 6) is 0.862. The molecule has 2 N–H and O–H groups in total. The second kappa shape index (κ2) is 11.9. The fraction of sp³-hybridized carbons (Fsp3) is 0.192. The maximum atomic E-state index is 12.5. The number of nitriles is 1. The number of anilines is 2. The van der Waals surface area contributed by atoms with Crippen molar-refractivity contribution in [3.05, 3.63) is 77.9 Å². The average Bonchev–Trinajstić information content (AvgIpc) is 2.85. The van der Waals surface area contributed by atoms with Gasteiger partial charge in [0.05, 0.1) is 24.8 Å². The number of ether oxygens (including phenoxy) is 3. The fourth-order valence-corrected chi connectivity index (χ4v) is 3.01. The molecule has 0 unspecified atom stereocenters. The van der Waals surface area contributed by atoms with E-state index < -0.39 is 0 Å². The molecule has 0 spiro atoms. The zero-order valence-corrected chi connectivity index (χ0v) is 19.0. The molecule has 0 atom stereocenters. The van der Waals surface area contributed by atoms with Crippen LogP contribution in [-0.2, 0) is 4.79 Å². The van der Waals surface area contributed by atoms with Crippen LogP contribution < -0.4 is 24.8 Å². The van der Waals surface area contributed by atoms with Gasteiger partial charge >= 0.3 is 0 Å². The Morgan fingerprint density at radius 3 is 2.09 bits per heavy atom. The summed E-state index contributed by atoms with van der Waals surface area (Å²) >= 11 is 0. The van der Waals surface area contributed by atoms with Crippen LogP contribution in [0.15, 0.2) is 66.7 Å². The van der Waals surface area contributed by atoms with Gasteiger partial charge < -0.3 is 24.8 Å². The van der Waals surface area contributed by atoms with Crippen LogP contribution in [0.1, 0.15) is 29.8 Å². The van der Waals surface area contributed by atoms with Crippen molar-refractivity contribution < 1.29 is 23.8 Å². The summed E-state index contributed by atoms with van der Waals surface area (Å²) in [7, 11) is 0. The standard InChI is InChI=1S/C26H25N3O5/c1-3-32-22-12-10-21(11-13-22)29-26(31)19-6-8-20(9-7-19)28-25(30)17-34-23-14-5-18(16-27)15-24(23)33-4-2/h5-15H,3-4,17H2,1-2H3,(H,28,30)(H,29,31). The van der Waals surface area contributed by atoms with E-state index >= 15 is 0 Å². The second-order valence-corrected chi connectivity index (χ2v) is 7.03. The maximum absolute atomic E-state index is 12.5. The number of carbonyl (C=O) groups excluding carboxylic acids is 2. The van der Waals surface area contributed by atoms with Crippen molar-refractivity contribution in [1.82, 2.24) is 0 Å². The molecule has 3 rings (SSSR count). The third kappa shape index (κ3) is 6.74. The highest BCUT2D eigenvalue weighted by molar-refractivity contribution is 6.04. The minimum atomic E-state index is -0.376. The summed E-state index contributed by atoms with van der Waals surface area (Å²) in [6.45, 7) is 4.45. The lowest BCUT2D eigenvalue weighted by molar-refractivity contribution is -0.118. The first kappa shape index (κ1) is 24.1. The first-order valence-corrected chi connectivity index (χ1v) is 10.8. The van der Waals surface area contributed by atoms with Gasteiger partial charge in [0.25, 0.3) is 11.8 Å². The van der Waals surface area contributed by atoms with E-state index in [0.29, 0.717) is 47.2 Å². The lowest BCUT2D eigenvalue weighted by atomic mass is 10.2. The summed E-state index contributed by atoms with van der Waals surface area (Å²) in [5.41, 5.74) is 2.06. The van der Waals surface area contributed by atoms with Crippen LogP contribution in [0.4, 0.5) is 11.4 Å². The van der Waals surface area contributed by atoms with Crippen LogP contribution in [0.25, 0.3) is 0 Å². The molecule has 3 aromatic rings. The molecule has 0 aromatic heterocycles. The van der Waals surface area contributed by atoms with E-state index in [9.17, 15) is 9.59 Å². The molecule has 34 heavy (non-hydrogen) atoms. The maximum Gasteiger partial charge on any atom is 0.262 e. The SMILES string of the molecule is CCOc1ccc(NC(=O)c2ccc(NC(=O)COc3ccc(C#N)cc3OCC)cc2)cc1. The van der Waals surface area contributed by atoms with E-state index in [0.717, 1.165) is 5.75 Å². The Labute approximate surface area is 198 Å². The highest BCUT2D eigenvalue weighted by Crippen LogP contribution is 2.28. The highest BCUT2D eigenvalue weighted by Gasteiger charge is 2.11. The van der Waals surface area contributed by atoms with Gasteiger partial charge in [0.2, 0.25) is 0 Å². The average molecular weight is 460 g/mol. The number of benzene rings is 3. The van der Waals surface area contributed by atoms with Crippen LogP contribution in [0.3, 0.4) is 0 Å². The third-order valence-corrected chi connectivity index (χ3v) is 4.59. The monoisotopic (exact) mass is 459 g/mol. The van der Waals surface area contributed by atoms with E-state index in [-0.39, 0.29) is 18.4 Å². The Kier molecular flexibility index (Phi) is 8.47. The molecule has 0 bridgehead atoms. The predicted molar refractivity (Wildman–Crippen MR) is 128 cm³/mol. The Morgan fingerprint density at radius 2 is 1.44 bits per heavy atom. The van der Waals surface area contributed by atoms with Crippen molar-refractivity contribution in [3.8, 4) is 23.3 Å². The van der Waals surface area contributed by atoms with Crippen molar-refractivity contribution in [3.63, 3.8) is 0 Å². The van der Waals surface area contributed by atoms with E-state index in [1.807, 2.05) is 19.9 Å². The minimum absolute atomic E-state index is 0.244. The quantitative estimate of drug-likeness (QED) is 0.458. The summed E-state index contributed by atoms with van der Waals surface area (Å²) < 4.78 is 16.4. The Balaban J connectivity index is 1.53. The summed E-state index contributed by atoms with van der Waals surface area (Å²) in [4.78, 5) is 24.8. The number of nitrogens with one attached hydrogen (secondary N) is 2. The molecule has 0 heterocycles. The molecule has 174 valence electrons. The van der Waals surface area contributed by atoms with E-state index in [4.69, 9.17) is 19.5 Å². The summed E-state index contributed by atoms with van der Waals surface area (Å²) in [5, 5.41) is 14.6. The second-order valence-electron chi connectivity index (χ2n) is 7.03. The van der Waals surface area contributed by atoms with Crippen LogP contribution in [0.5, 0.6) is 17.2 Å². The zero-order valence-electron chi connectivity index (χ0n) is 19.0. The number of hydrogen-bond acceptors (Lipinski definition) is 6. The number of nitrogens with zero attached hydrogens (tertiary/aromatic N) is 1. The molecule has 0 aliphatic rings. The molecule has 2 amide bonds. The van der Waals surface area contributed by atoms with Crippen molar-refractivity contribution in [2.75, 3.05) is 30.5 Å². The summed E-state index contributed by atoms with van der Waals surface area (Å²) in [6.07, 6.45) is 0. The van der Waals surface area contributed by atoms with Crippen LogP contribution in [-0.4, -0.2) is 31.6 Å². The molecule has 8 heteroatoms. The van der Waals surface area contributed by atoms with Gasteiger partial charge in [-0.1, -0.05) is 0 Å². The number of hydrogen-bond donors (Lipinski definition) is 2. The number of carbonyl (C=O) groups is 2. The van der Waals surface area contributed by atoms with Gasteiger partial charge in [-0.05, 0) is 74.5 Å². The van der Waals surface area contributed by atoms with Crippen molar-refractivity contribution in [1.29, 1.82) is 5.26 Å². The van der Waals surface area contributed by atoms with Gasteiger partial charge in [-0.15, -0.1) is 0 Å². The van der Waals surface area contributed by atoms with Gasteiger partial charge in [0.15, 0.2) is 18.1 Å². The van der Waals surface area contributed by atoms with Gasteiger partial charge in [0.1, 0.15) is 5.75 Å². The van der Waals surface area contributed by atoms with Crippen molar-refractivity contribution >= 4 is 23.2 Å². The molecule has 0 radical (unpaired) electrons. The molecule has 0 saturated heterocycles. The highest BCUT2D eigenvalue weighted by atomic mass is 16.5. The molecule has 0 saturated carbocycles. The Morgan fingerprint density at radius 1 is 0.794 bits per heavy atom. The van der Waals surface area contributed by atoms with Crippen LogP contribution in [0, 0.1) is 11.3 Å². The van der Waals surface area contributed by atoms with Crippen LogP contribution >= 0.6 is 0 Å².